The fraction of sp³-hybridized carbons (Fsp3) is 0.654. The van der Waals surface area contributed by atoms with E-state index in [1.807, 2.05) is 19.1 Å². The van der Waals surface area contributed by atoms with Crippen molar-refractivity contribution in [2.75, 3.05) is 31.6 Å². The van der Waals surface area contributed by atoms with Crippen molar-refractivity contribution in [3.63, 3.8) is 0 Å². The van der Waals surface area contributed by atoms with E-state index in [0.717, 1.165) is 51.7 Å². The van der Waals surface area contributed by atoms with E-state index in [2.05, 4.69) is 19.2 Å². The molecule has 33 heavy (non-hydrogen) atoms. The number of halogens is 1. The van der Waals surface area contributed by atoms with Gasteiger partial charge in [-0.25, -0.2) is 4.79 Å². The summed E-state index contributed by atoms with van der Waals surface area (Å²) in [5, 5.41) is 2.74. The van der Waals surface area contributed by atoms with Gasteiger partial charge in [-0.3, -0.25) is 14.1 Å². The van der Waals surface area contributed by atoms with Crippen LogP contribution < -0.4 is 29.3 Å². The average molecular weight is 575 g/mol. The Kier molecular flexibility index (Phi) is 17.1. The lowest BCUT2D eigenvalue weighted by Gasteiger charge is -2.34. The molecule has 188 valence electrons. The molecule has 0 aliphatic carbocycles. The standard InChI is InChI=1S/C26H42N2O4.HI/c1-5-28(6-2,26(31)23-17-19-24(20-18-23)27-22(4)29)21-15-13-11-9-8-10-12-14-16-25(30)32-7-3;/h17-20H,5-16,21H2,1-4H3;1H. The van der Waals surface area contributed by atoms with Crippen LogP contribution in [-0.2, 0) is 14.3 Å². The first kappa shape index (κ1) is 31.5. The minimum atomic E-state index is -0.118. The molecule has 0 saturated heterocycles. The van der Waals surface area contributed by atoms with Gasteiger partial charge in [-0.2, -0.15) is 0 Å². The Morgan fingerprint density at radius 2 is 1.33 bits per heavy atom. The van der Waals surface area contributed by atoms with Crippen LogP contribution >= 0.6 is 0 Å². The Labute approximate surface area is 217 Å². The fourth-order valence-corrected chi connectivity index (χ4v) is 4.08. The van der Waals surface area contributed by atoms with E-state index in [0.29, 0.717) is 28.8 Å². The molecule has 0 saturated carbocycles. The molecule has 2 amide bonds. The van der Waals surface area contributed by atoms with E-state index < -0.39 is 0 Å². The Morgan fingerprint density at radius 3 is 1.82 bits per heavy atom. The number of carbonyl (C=O) groups excluding carboxylic acids is 3. The molecule has 0 radical (unpaired) electrons. The lowest BCUT2D eigenvalue weighted by atomic mass is 10.1. The average Bonchev–Trinajstić information content (AvgIpc) is 2.78. The third-order valence-corrected chi connectivity index (χ3v) is 6.12. The van der Waals surface area contributed by atoms with Crippen molar-refractivity contribution < 1.29 is 47.6 Å². The van der Waals surface area contributed by atoms with Crippen LogP contribution in [0.1, 0.15) is 95.8 Å². The molecular formula is C26H43IN2O4. The van der Waals surface area contributed by atoms with Crippen LogP contribution in [0.5, 0.6) is 0 Å². The molecule has 1 rings (SSSR count). The lowest BCUT2D eigenvalue weighted by Crippen LogP contribution is -3.00. The zero-order valence-corrected chi connectivity index (χ0v) is 23.1. The molecule has 1 aromatic rings. The number of anilines is 1. The van der Waals surface area contributed by atoms with Crippen molar-refractivity contribution in [2.45, 2.75) is 85.5 Å². The number of nitrogens with one attached hydrogen (secondary N) is 1. The maximum atomic E-state index is 13.3. The van der Waals surface area contributed by atoms with Crippen LogP contribution in [-0.4, -0.2) is 48.5 Å². The van der Waals surface area contributed by atoms with Crippen molar-refractivity contribution in [2.24, 2.45) is 0 Å². The minimum Gasteiger partial charge on any atom is -1.00 e. The molecule has 1 N–H and O–H groups in total. The van der Waals surface area contributed by atoms with Gasteiger partial charge in [0.05, 0.1) is 31.8 Å². The number of benzene rings is 1. The summed E-state index contributed by atoms with van der Waals surface area (Å²) in [6.07, 6.45) is 9.46. The normalized spacial score (nSPS) is 10.9. The topological polar surface area (TPSA) is 72.5 Å². The van der Waals surface area contributed by atoms with Gasteiger partial charge in [0.25, 0.3) is 0 Å². The summed E-state index contributed by atoms with van der Waals surface area (Å²) in [5.74, 6) is -0.0434. The third kappa shape index (κ3) is 12.0. The number of hydrogen-bond acceptors (Lipinski definition) is 4. The smallest absolute Gasteiger partial charge is 0.345 e. The van der Waals surface area contributed by atoms with Crippen LogP contribution in [0.25, 0.3) is 0 Å². The molecule has 0 heterocycles. The highest BCUT2D eigenvalue weighted by molar-refractivity contribution is 5.91. The first-order chi connectivity index (χ1) is 15.4. The summed E-state index contributed by atoms with van der Waals surface area (Å²) < 4.78 is 5.41. The van der Waals surface area contributed by atoms with E-state index in [-0.39, 0.29) is 41.8 Å². The molecular weight excluding hydrogens is 531 g/mol. The summed E-state index contributed by atoms with van der Waals surface area (Å²) in [4.78, 5) is 35.8. The van der Waals surface area contributed by atoms with Crippen molar-refractivity contribution in [3.8, 4) is 0 Å². The third-order valence-electron chi connectivity index (χ3n) is 6.12. The maximum absolute atomic E-state index is 13.3. The van der Waals surface area contributed by atoms with Gasteiger partial charge in [0.1, 0.15) is 0 Å². The van der Waals surface area contributed by atoms with Crippen LogP contribution in [0.3, 0.4) is 0 Å². The van der Waals surface area contributed by atoms with Crippen molar-refractivity contribution in [3.05, 3.63) is 29.8 Å². The lowest BCUT2D eigenvalue weighted by molar-refractivity contribution is -0.845. The van der Waals surface area contributed by atoms with Gasteiger partial charge in [-0.15, -0.1) is 0 Å². The number of rotatable bonds is 16. The number of ether oxygens (including phenoxy) is 1. The summed E-state index contributed by atoms with van der Waals surface area (Å²) in [6, 6.07) is 7.21. The summed E-state index contributed by atoms with van der Waals surface area (Å²) >= 11 is 0. The second kappa shape index (κ2) is 17.9. The molecule has 6 nitrogen and oxygen atoms in total. The molecule has 1 aromatic carbocycles. The quantitative estimate of drug-likeness (QED) is 0.143. The number of amides is 2. The van der Waals surface area contributed by atoms with Gasteiger partial charge < -0.3 is 34.0 Å². The zero-order valence-electron chi connectivity index (χ0n) is 21.0. The minimum absolute atomic E-state index is 0. The predicted molar refractivity (Wildman–Crippen MR) is 129 cm³/mol. The van der Waals surface area contributed by atoms with E-state index in [4.69, 9.17) is 4.74 Å². The molecule has 7 heteroatoms. The molecule has 0 bridgehead atoms. The zero-order chi connectivity index (χ0) is 23.8. The second-order valence-corrected chi connectivity index (χ2v) is 8.45. The molecule has 0 atom stereocenters. The largest absolute Gasteiger partial charge is 1.00 e. The van der Waals surface area contributed by atoms with Crippen LogP contribution in [0.4, 0.5) is 5.69 Å². The second-order valence-electron chi connectivity index (χ2n) is 8.45. The number of unbranched alkanes of at least 4 members (excludes halogenated alkanes) is 7. The summed E-state index contributed by atoms with van der Waals surface area (Å²) in [7, 11) is 0. The molecule has 0 aromatic heterocycles. The first-order valence-electron chi connectivity index (χ1n) is 12.3. The van der Waals surface area contributed by atoms with E-state index in [9.17, 15) is 14.4 Å². The Bertz CT molecular complexity index is 703. The molecule has 0 aliphatic heterocycles. The Balaban J connectivity index is 0.0000102. The highest BCUT2D eigenvalue weighted by atomic mass is 127. The van der Waals surface area contributed by atoms with Crippen LogP contribution in [0, 0.1) is 0 Å². The van der Waals surface area contributed by atoms with Gasteiger partial charge in [-0.1, -0.05) is 32.1 Å². The van der Waals surface area contributed by atoms with Gasteiger partial charge in [-0.05, 0) is 64.3 Å². The van der Waals surface area contributed by atoms with Gasteiger partial charge in [0.15, 0.2) is 0 Å². The number of hydrogen-bond donors (Lipinski definition) is 1. The monoisotopic (exact) mass is 574 g/mol. The number of quaternary nitrogens is 1. The van der Waals surface area contributed by atoms with Crippen molar-refractivity contribution in [1.82, 2.24) is 0 Å². The fourth-order valence-electron chi connectivity index (χ4n) is 4.08. The number of esters is 1. The Morgan fingerprint density at radius 1 is 0.818 bits per heavy atom. The van der Waals surface area contributed by atoms with E-state index in [1.54, 1.807) is 12.1 Å². The van der Waals surface area contributed by atoms with Gasteiger partial charge in [0.2, 0.25) is 5.91 Å². The molecule has 0 aliphatic rings. The predicted octanol–water partition coefficient (Wildman–Crippen LogP) is 2.72. The molecule has 0 spiro atoms. The highest BCUT2D eigenvalue weighted by Crippen LogP contribution is 2.19. The summed E-state index contributed by atoms with van der Waals surface area (Å²) in [6.45, 7) is 10.4. The van der Waals surface area contributed by atoms with Gasteiger partial charge in [0, 0.05) is 19.0 Å². The van der Waals surface area contributed by atoms with Crippen LogP contribution in [0.15, 0.2) is 24.3 Å². The van der Waals surface area contributed by atoms with Crippen molar-refractivity contribution in [1.29, 1.82) is 0 Å². The number of carbonyl (C=O) groups is 3. The first-order valence-corrected chi connectivity index (χ1v) is 12.3. The van der Waals surface area contributed by atoms with E-state index in [1.165, 1.54) is 26.2 Å². The van der Waals surface area contributed by atoms with Crippen LogP contribution in [0.2, 0.25) is 0 Å². The molecule has 0 unspecified atom stereocenters. The number of nitrogens with zero attached hydrogens (tertiary/aromatic N) is 1. The van der Waals surface area contributed by atoms with Gasteiger partial charge >= 0.3 is 11.9 Å². The van der Waals surface area contributed by atoms with E-state index >= 15 is 0 Å². The molecule has 0 fully saturated rings. The SMILES string of the molecule is CCOC(=O)CCCCCCCCCC[N+](CC)(CC)C(=O)c1ccc(NC(C)=O)cc1.[I-]. The van der Waals surface area contributed by atoms with Crippen molar-refractivity contribution >= 4 is 23.5 Å². The highest BCUT2D eigenvalue weighted by Gasteiger charge is 2.33. The summed E-state index contributed by atoms with van der Waals surface area (Å²) in [5.41, 5.74) is 1.41. The maximum Gasteiger partial charge on any atom is 0.345 e. The Hall–Kier alpha value is -1.48.